The average Bonchev–Trinajstić information content (AvgIpc) is 2.96. The Morgan fingerprint density at radius 2 is 1.69 bits per heavy atom. The molecule has 2 bridgehead atoms. The van der Waals surface area contributed by atoms with E-state index in [0.29, 0.717) is 12.2 Å². The van der Waals surface area contributed by atoms with Gasteiger partial charge in [0.2, 0.25) is 23.6 Å². The molecule has 2 aliphatic rings. The van der Waals surface area contributed by atoms with Crippen LogP contribution in [0, 0.1) is 5.92 Å². The SMILES string of the molecule is CC(C)[C@H]1NC(=O)C[C@H]2/C=C/CCSSCC(NC1=O)C(=O)NC(Cc1cccc3ccccc13)C(=O)NCC(=O)O2. The molecular weight excluding hydrogens is 576 g/mol. The fourth-order valence-electron chi connectivity index (χ4n) is 4.75. The standard InChI is InChI=1S/C30H36N4O6S2/c1-18(2)27-30(39)33-24-17-42-41-13-6-5-11-21(15-25(35)34-27)40-26(36)16-31-28(37)23(32-29(24)38)14-20-10-7-9-19-8-3-4-12-22(19)20/h3-5,7-12,18,21,23-24,27H,6,13-17H2,1-2H3,(H,31,37)(H,32,38)(H,33,39)(H,34,35)/b11-5+/t21-,23?,24?,27-/m1/s1. The number of hydrogen-bond acceptors (Lipinski definition) is 8. The predicted octanol–water partition coefficient (Wildman–Crippen LogP) is 2.27. The maximum Gasteiger partial charge on any atom is 0.326 e. The maximum absolute atomic E-state index is 13.7. The van der Waals surface area contributed by atoms with Crippen molar-refractivity contribution in [3.8, 4) is 0 Å². The van der Waals surface area contributed by atoms with Crippen molar-refractivity contribution in [2.75, 3.05) is 18.1 Å². The van der Waals surface area contributed by atoms with E-state index in [1.165, 1.54) is 21.6 Å². The van der Waals surface area contributed by atoms with Crippen LogP contribution in [0.2, 0.25) is 0 Å². The zero-order valence-corrected chi connectivity index (χ0v) is 25.2. The fourth-order valence-corrected chi connectivity index (χ4v) is 6.90. The lowest BCUT2D eigenvalue weighted by molar-refractivity contribution is -0.148. The van der Waals surface area contributed by atoms with E-state index in [9.17, 15) is 24.0 Å². The zero-order valence-electron chi connectivity index (χ0n) is 23.6. The number of carbonyl (C=O) groups is 5. The van der Waals surface area contributed by atoms with Crippen molar-refractivity contribution < 1.29 is 28.7 Å². The smallest absolute Gasteiger partial charge is 0.326 e. The Bertz CT molecular complexity index is 1340. The van der Waals surface area contributed by atoms with Crippen LogP contribution in [0.5, 0.6) is 0 Å². The Morgan fingerprint density at radius 1 is 0.905 bits per heavy atom. The van der Waals surface area contributed by atoms with Crippen LogP contribution in [0.15, 0.2) is 54.6 Å². The second-order valence-corrected chi connectivity index (χ2v) is 13.2. The van der Waals surface area contributed by atoms with Crippen LogP contribution >= 0.6 is 21.6 Å². The van der Waals surface area contributed by atoms with Crippen LogP contribution in [0.25, 0.3) is 10.8 Å². The first-order valence-electron chi connectivity index (χ1n) is 14.0. The van der Waals surface area contributed by atoms with Crippen molar-refractivity contribution in [1.82, 2.24) is 21.3 Å². The lowest BCUT2D eigenvalue weighted by Gasteiger charge is -2.27. The quantitative estimate of drug-likeness (QED) is 0.235. The summed E-state index contributed by atoms with van der Waals surface area (Å²) in [7, 11) is 2.97. The van der Waals surface area contributed by atoms with E-state index in [2.05, 4.69) is 21.3 Å². The Morgan fingerprint density at radius 3 is 2.50 bits per heavy atom. The molecule has 1 saturated heterocycles. The number of fused-ring (bicyclic) bond motifs is 8. The van der Waals surface area contributed by atoms with E-state index in [4.69, 9.17) is 4.74 Å². The van der Waals surface area contributed by atoms with Gasteiger partial charge >= 0.3 is 5.97 Å². The van der Waals surface area contributed by atoms with Crippen LogP contribution in [0.1, 0.15) is 32.3 Å². The van der Waals surface area contributed by atoms with Gasteiger partial charge in [-0.1, -0.05) is 84.0 Å². The monoisotopic (exact) mass is 612 g/mol. The van der Waals surface area contributed by atoms with Gasteiger partial charge in [0.1, 0.15) is 30.8 Å². The zero-order chi connectivity index (χ0) is 30.1. The number of nitrogens with one attached hydrogen (secondary N) is 4. The maximum atomic E-state index is 13.7. The topological polar surface area (TPSA) is 143 Å². The van der Waals surface area contributed by atoms with E-state index in [1.54, 1.807) is 19.9 Å². The largest absolute Gasteiger partial charge is 0.456 e. The molecule has 0 aromatic heterocycles. The van der Waals surface area contributed by atoms with Crippen molar-refractivity contribution in [3.05, 3.63) is 60.2 Å². The molecule has 2 aliphatic heterocycles. The Kier molecular flexibility index (Phi) is 11.3. The van der Waals surface area contributed by atoms with Gasteiger partial charge in [-0.2, -0.15) is 0 Å². The van der Waals surface area contributed by atoms with Crippen LogP contribution in [-0.4, -0.2) is 71.9 Å². The van der Waals surface area contributed by atoms with E-state index < -0.39 is 60.4 Å². The minimum absolute atomic E-state index is 0.159. The second-order valence-electron chi connectivity index (χ2n) is 10.5. The minimum atomic E-state index is -1.03. The summed E-state index contributed by atoms with van der Waals surface area (Å²) in [6.07, 6.45) is 3.23. The summed E-state index contributed by atoms with van der Waals surface area (Å²) >= 11 is 0. The molecule has 4 N–H and O–H groups in total. The summed E-state index contributed by atoms with van der Waals surface area (Å²) in [5.41, 5.74) is 0.842. The number of carbonyl (C=O) groups excluding carboxylic acids is 5. The average molecular weight is 613 g/mol. The fraction of sp³-hybridized carbons (Fsp3) is 0.433. The van der Waals surface area contributed by atoms with Crippen molar-refractivity contribution in [1.29, 1.82) is 0 Å². The Labute approximate surface area is 252 Å². The molecular formula is C30H36N4O6S2. The first-order chi connectivity index (χ1) is 20.2. The first kappa shape index (κ1) is 31.4. The van der Waals surface area contributed by atoms with E-state index in [-0.39, 0.29) is 24.5 Å². The van der Waals surface area contributed by atoms with Gasteiger partial charge < -0.3 is 26.0 Å². The minimum Gasteiger partial charge on any atom is -0.456 e. The molecule has 4 amide bonds. The molecule has 0 aliphatic carbocycles. The number of benzene rings is 2. The molecule has 2 unspecified atom stereocenters. The van der Waals surface area contributed by atoms with Gasteiger partial charge in [-0.25, -0.2) is 0 Å². The summed E-state index contributed by atoms with van der Waals surface area (Å²) in [6.45, 7) is 3.14. The third kappa shape index (κ3) is 8.75. The molecule has 2 aromatic carbocycles. The van der Waals surface area contributed by atoms with E-state index >= 15 is 0 Å². The van der Waals surface area contributed by atoms with Gasteiger partial charge in [-0.15, -0.1) is 0 Å². The molecule has 0 radical (unpaired) electrons. The molecule has 224 valence electrons. The predicted molar refractivity (Wildman–Crippen MR) is 164 cm³/mol. The highest BCUT2D eigenvalue weighted by molar-refractivity contribution is 8.76. The normalized spacial score (nSPS) is 25.9. The van der Waals surface area contributed by atoms with Gasteiger partial charge in [0, 0.05) is 17.9 Å². The van der Waals surface area contributed by atoms with E-state index in [1.807, 2.05) is 48.5 Å². The number of amides is 4. The molecule has 4 rings (SSSR count). The molecule has 1 fully saturated rings. The van der Waals surface area contributed by atoms with Gasteiger partial charge in [0.25, 0.3) is 0 Å². The highest BCUT2D eigenvalue weighted by Crippen LogP contribution is 2.24. The molecule has 4 atom stereocenters. The van der Waals surface area contributed by atoms with Crippen molar-refractivity contribution >= 4 is 62.0 Å². The summed E-state index contributed by atoms with van der Waals surface area (Å²) in [5, 5.41) is 12.9. The molecule has 2 aromatic rings. The molecule has 0 saturated carbocycles. The van der Waals surface area contributed by atoms with Crippen LogP contribution in [0.3, 0.4) is 0 Å². The number of allylic oxidation sites excluding steroid dienone is 1. The highest BCUT2D eigenvalue weighted by Gasteiger charge is 2.32. The van der Waals surface area contributed by atoms with Crippen molar-refractivity contribution in [2.24, 2.45) is 5.92 Å². The third-order valence-electron chi connectivity index (χ3n) is 6.95. The number of hydrogen-bond donors (Lipinski definition) is 4. The molecule has 2 heterocycles. The lowest BCUT2D eigenvalue weighted by atomic mass is 9.98. The number of esters is 1. The Balaban J connectivity index is 1.70. The Hall–Kier alpha value is -3.51. The van der Waals surface area contributed by atoms with Crippen molar-refractivity contribution in [2.45, 2.75) is 57.3 Å². The number of rotatable bonds is 3. The molecule has 0 spiro atoms. The van der Waals surface area contributed by atoms with Gasteiger partial charge in [0.05, 0.1) is 6.42 Å². The summed E-state index contributed by atoms with van der Waals surface area (Å²) < 4.78 is 5.54. The lowest BCUT2D eigenvalue weighted by Crippen LogP contribution is -2.59. The molecule has 42 heavy (non-hydrogen) atoms. The van der Waals surface area contributed by atoms with Crippen molar-refractivity contribution in [3.63, 3.8) is 0 Å². The van der Waals surface area contributed by atoms with Gasteiger partial charge in [-0.3, -0.25) is 24.0 Å². The summed E-state index contributed by atoms with van der Waals surface area (Å²) in [6, 6.07) is 10.6. The highest BCUT2D eigenvalue weighted by atomic mass is 33.1. The van der Waals surface area contributed by atoms with Crippen LogP contribution in [-0.2, 0) is 35.1 Å². The first-order valence-corrected chi connectivity index (χ1v) is 16.4. The molecule has 12 heteroatoms. The summed E-state index contributed by atoms with van der Waals surface area (Å²) in [4.78, 5) is 66.1. The second kappa shape index (κ2) is 15.1. The number of ether oxygens (including phenoxy) is 1. The van der Waals surface area contributed by atoms with Gasteiger partial charge in [0.15, 0.2) is 0 Å². The van der Waals surface area contributed by atoms with Crippen LogP contribution in [0.4, 0.5) is 0 Å². The van der Waals surface area contributed by atoms with Gasteiger partial charge in [-0.05, 0) is 34.8 Å². The molecule has 10 nitrogen and oxygen atoms in total. The third-order valence-corrected chi connectivity index (χ3v) is 9.40. The summed E-state index contributed by atoms with van der Waals surface area (Å²) in [5.74, 6) is -2.14. The van der Waals surface area contributed by atoms with E-state index in [0.717, 1.165) is 16.3 Å². The van der Waals surface area contributed by atoms with Crippen LogP contribution < -0.4 is 21.3 Å².